The van der Waals surface area contributed by atoms with Crippen LogP contribution < -0.4 is 5.32 Å². The zero-order valence-electron chi connectivity index (χ0n) is 16.0. The van der Waals surface area contributed by atoms with Crippen LogP contribution in [0.4, 0.5) is 18.9 Å². The second-order valence-electron chi connectivity index (χ2n) is 7.51. The maximum atomic E-state index is 13.7. The highest BCUT2D eigenvalue weighted by Gasteiger charge is 2.51. The Morgan fingerprint density at radius 2 is 1.71 bits per heavy atom. The SMILES string of the molecule is O=C(Nc1ccc(-c2cccc(Cl)c2)c(C(F)(F)F)c1)C1(c2ccc(O)c(O)c2)CC1. The molecule has 0 heterocycles. The summed E-state index contributed by atoms with van der Waals surface area (Å²) >= 11 is 5.93. The summed E-state index contributed by atoms with van der Waals surface area (Å²) in [6.45, 7) is 0. The number of hydrogen-bond acceptors (Lipinski definition) is 3. The lowest BCUT2D eigenvalue weighted by molar-refractivity contribution is -0.137. The second-order valence-corrected chi connectivity index (χ2v) is 7.94. The molecule has 0 unspecified atom stereocenters. The Kier molecular flexibility index (Phi) is 5.09. The average Bonchev–Trinajstić information content (AvgIpc) is 3.51. The Hall–Kier alpha value is -3.19. The highest BCUT2D eigenvalue weighted by molar-refractivity contribution is 6.30. The maximum absolute atomic E-state index is 13.7. The number of carbonyl (C=O) groups excluding carboxylic acids is 1. The minimum atomic E-state index is -4.64. The van der Waals surface area contributed by atoms with E-state index in [1.807, 2.05) is 0 Å². The number of phenolic OH excluding ortho intramolecular Hbond substituents is 2. The molecule has 0 bridgehead atoms. The van der Waals surface area contributed by atoms with E-state index in [1.54, 1.807) is 12.1 Å². The van der Waals surface area contributed by atoms with E-state index in [9.17, 15) is 28.2 Å². The van der Waals surface area contributed by atoms with E-state index in [-0.39, 0.29) is 22.7 Å². The molecule has 0 saturated heterocycles. The van der Waals surface area contributed by atoms with Crippen LogP contribution in [0, 0.1) is 0 Å². The van der Waals surface area contributed by atoms with E-state index < -0.39 is 23.1 Å². The van der Waals surface area contributed by atoms with E-state index in [2.05, 4.69) is 5.32 Å². The molecule has 1 aliphatic rings. The average molecular weight is 448 g/mol. The van der Waals surface area contributed by atoms with Crippen molar-refractivity contribution in [3.63, 3.8) is 0 Å². The fraction of sp³-hybridized carbons (Fsp3) is 0.174. The van der Waals surface area contributed by atoms with Gasteiger partial charge in [-0.25, -0.2) is 0 Å². The Morgan fingerprint density at radius 3 is 2.32 bits per heavy atom. The van der Waals surface area contributed by atoms with Gasteiger partial charge in [-0.05, 0) is 65.9 Å². The molecule has 1 saturated carbocycles. The monoisotopic (exact) mass is 447 g/mol. The van der Waals surface area contributed by atoms with Crippen LogP contribution in [-0.2, 0) is 16.4 Å². The molecule has 1 aliphatic carbocycles. The molecule has 3 N–H and O–H groups in total. The third-order valence-electron chi connectivity index (χ3n) is 5.43. The molecule has 0 radical (unpaired) electrons. The van der Waals surface area contributed by atoms with Crippen molar-refractivity contribution in [2.45, 2.75) is 24.4 Å². The highest BCUT2D eigenvalue weighted by Crippen LogP contribution is 2.50. The van der Waals surface area contributed by atoms with Crippen LogP contribution in [0.2, 0.25) is 5.02 Å². The van der Waals surface area contributed by atoms with Crippen LogP contribution >= 0.6 is 11.6 Å². The van der Waals surface area contributed by atoms with Crippen molar-refractivity contribution in [3.8, 4) is 22.6 Å². The van der Waals surface area contributed by atoms with Crippen LogP contribution in [0.1, 0.15) is 24.0 Å². The lowest BCUT2D eigenvalue weighted by Gasteiger charge is -2.19. The number of halogens is 4. The van der Waals surface area contributed by atoms with Crippen molar-refractivity contribution in [1.82, 2.24) is 0 Å². The number of aromatic hydroxyl groups is 2. The maximum Gasteiger partial charge on any atom is 0.417 e. The Bertz CT molecular complexity index is 1170. The molecule has 3 aromatic carbocycles. The van der Waals surface area contributed by atoms with Gasteiger partial charge >= 0.3 is 6.18 Å². The standard InChI is InChI=1S/C23H17ClF3NO3/c24-15-3-1-2-13(10-15)17-6-5-16(12-18(17)23(25,26)27)28-21(31)22(8-9-22)14-4-7-19(29)20(30)11-14/h1-7,10-12,29-30H,8-9H2,(H,28,31). The van der Waals surface area contributed by atoms with Crippen LogP contribution in [0.3, 0.4) is 0 Å². The number of carbonyl (C=O) groups is 1. The number of nitrogens with one attached hydrogen (secondary N) is 1. The van der Waals surface area contributed by atoms with Crippen molar-refractivity contribution < 1.29 is 28.2 Å². The number of anilines is 1. The molecule has 0 aromatic heterocycles. The van der Waals surface area contributed by atoms with E-state index in [0.717, 1.165) is 6.07 Å². The topological polar surface area (TPSA) is 69.6 Å². The predicted octanol–water partition coefficient (Wildman–Crippen LogP) is 6.11. The predicted molar refractivity (Wildman–Crippen MR) is 111 cm³/mol. The zero-order valence-corrected chi connectivity index (χ0v) is 16.8. The van der Waals surface area contributed by atoms with E-state index in [1.165, 1.54) is 42.5 Å². The number of rotatable bonds is 4. The summed E-state index contributed by atoms with van der Waals surface area (Å²) in [6.07, 6.45) is -3.68. The lowest BCUT2D eigenvalue weighted by Crippen LogP contribution is -2.28. The molecule has 1 fully saturated rings. The van der Waals surface area contributed by atoms with Gasteiger partial charge in [0.15, 0.2) is 11.5 Å². The third-order valence-corrected chi connectivity index (χ3v) is 5.67. The van der Waals surface area contributed by atoms with Gasteiger partial charge in [0.25, 0.3) is 0 Å². The van der Waals surface area contributed by atoms with Gasteiger partial charge in [-0.2, -0.15) is 13.2 Å². The smallest absolute Gasteiger partial charge is 0.417 e. The van der Waals surface area contributed by atoms with E-state index in [4.69, 9.17) is 11.6 Å². The summed E-state index contributed by atoms with van der Waals surface area (Å²) in [5.74, 6) is -1.14. The van der Waals surface area contributed by atoms with Crippen molar-refractivity contribution >= 4 is 23.2 Å². The lowest BCUT2D eigenvalue weighted by atomic mass is 9.94. The summed E-state index contributed by atoms with van der Waals surface area (Å²) in [6, 6.07) is 13.8. The minimum absolute atomic E-state index is 0.0115. The molecule has 4 rings (SSSR count). The second kappa shape index (κ2) is 7.50. The molecule has 0 aliphatic heterocycles. The first-order chi connectivity index (χ1) is 14.6. The zero-order chi connectivity index (χ0) is 22.4. The number of hydrogen-bond donors (Lipinski definition) is 3. The molecular formula is C23H17ClF3NO3. The minimum Gasteiger partial charge on any atom is -0.504 e. The van der Waals surface area contributed by atoms with Crippen LogP contribution in [0.15, 0.2) is 60.7 Å². The van der Waals surface area contributed by atoms with Crippen molar-refractivity contribution in [2.75, 3.05) is 5.32 Å². The Balaban J connectivity index is 1.66. The van der Waals surface area contributed by atoms with Crippen LogP contribution in [0.25, 0.3) is 11.1 Å². The number of benzene rings is 3. The summed E-state index contributed by atoms with van der Waals surface area (Å²) < 4.78 is 41.2. The van der Waals surface area contributed by atoms with Gasteiger partial charge in [-0.1, -0.05) is 35.9 Å². The highest BCUT2D eigenvalue weighted by atomic mass is 35.5. The first kappa shape index (κ1) is 21.1. The molecule has 1 amide bonds. The first-order valence-electron chi connectivity index (χ1n) is 9.41. The largest absolute Gasteiger partial charge is 0.504 e. The normalized spacial score (nSPS) is 14.8. The van der Waals surface area contributed by atoms with E-state index in [0.29, 0.717) is 29.0 Å². The molecule has 3 aromatic rings. The summed E-state index contributed by atoms with van der Waals surface area (Å²) in [5, 5.41) is 22.1. The number of alkyl halides is 3. The Labute approximate surface area is 180 Å². The molecule has 0 atom stereocenters. The number of phenols is 2. The van der Waals surface area contributed by atoms with Crippen molar-refractivity contribution in [2.24, 2.45) is 0 Å². The van der Waals surface area contributed by atoms with Gasteiger partial charge in [0.2, 0.25) is 5.91 Å². The van der Waals surface area contributed by atoms with Crippen LogP contribution in [0.5, 0.6) is 11.5 Å². The van der Waals surface area contributed by atoms with Crippen LogP contribution in [-0.4, -0.2) is 16.1 Å². The van der Waals surface area contributed by atoms with E-state index >= 15 is 0 Å². The third kappa shape index (κ3) is 4.05. The fourth-order valence-electron chi connectivity index (χ4n) is 3.61. The van der Waals surface area contributed by atoms with Gasteiger partial charge in [0, 0.05) is 10.7 Å². The summed E-state index contributed by atoms with van der Waals surface area (Å²) in [4.78, 5) is 12.9. The first-order valence-corrected chi connectivity index (χ1v) is 9.79. The molecular weight excluding hydrogens is 431 g/mol. The van der Waals surface area contributed by atoms with Crippen molar-refractivity contribution in [3.05, 3.63) is 76.8 Å². The molecule has 160 valence electrons. The molecule has 4 nitrogen and oxygen atoms in total. The Morgan fingerprint density at radius 1 is 0.968 bits per heavy atom. The summed E-state index contributed by atoms with van der Waals surface area (Å²) in [5.41, 5.74) is -1.06. The van der Waals surface area contributed by atoms with Gasteiger partial charge < -0.3 is 15.5 Å². The number of amides is 1. The quantitative estimate of drug-likeness (QED) is 0.423. The fourth-order valence-corrected chi connectivity index (χ4v) is 3.80. The van der Waals surface area contributed by atoms with Gasteiger partial charge in [-0.3, -0.25) is 4.79 Å². The van der Waals surface area contributed by atoms with Gasteiger partial charge in [0.1, 0.15) is 0 Å². The summed E-state index contributed by atoms with van der Waals surface area (Å²) in [7, 11) is 0. The van der Waals surface area contributed by atoms with Crippen molar-refractivity contribution in [1.29, 1.82) is 0 Å². The molecule has 0 spiro atoms. The molecule has 31 heavy (non-hydrogen) atoms. The molecule has 8 heteroatoms. The van der Waals surface area contributed by atoms with Gasteiger partial charge in [0.05, 0.1) is 11.0 Å². The van der Waals surface area contributed by atoms with Gasteiger partial charge in [-0.15, -0.1) is 0 Å².